The highest BCUT2D eigenvalue weighted by molar-refractivity contribution is 5.27. The van der Waals surface area contributed by atoms with Gasteiger partial charge in [-0.25, -0.2) is 0 Å². The molecular formula is C11H14F3NO. The van der Waals surface area contributed by atoms with E-state index in [0.717, 1.165) is 18.5 Å². The van der Waals surface area contributed by atoms with E-state index < -0.39 is 12.8 Å². The second kappa shape index (κ2) is 5.75. The molecule has 0 bridgehead atoms. The lowest BCUT2D eigenvalue weighted by Gasteiger charge is -2.09. The Morgan fingerprint density at radius 2 is 1.81 bits per heavy atom. The number of hydrogen-bond donors (Lipinski definition) is 1. The van der Waals surface area contributed by atoms with Gasteiger partial charge in [0.1, 0.15) is 5.75 Å². The number of hydrogen-bond acceptors (Lipinski definition) is 2. The van der Waals surface area contributed by atoms with Crippen molar-refractivity contribution < 1.29 is 17.9 Å². The SMILES string of the molecule is CNCCc1ccc(OCC(F)(F)F)cc1. The van der Waals surface area contributed by atoms with Gasteiger partial charge in [0.25, 0.3) is 0 Å². The highest BCUT2D eigenvalue weighted by Gasteiger charge is 2.28. The summed E-state index contributed by atoms with van der Waals surface area (Å²) < 4.78 is 40.2. The van der Waals surface area contributed by atoms with Crippen LogP contribution in [-0.2, 0) is 6.42 Å². The Bertz CT molecular complexity index is 308. The molecule has 0 fully saturated rings. The van der Waals surface area contributed by atoms with E-state index in [1.165, 1.54) is 0 Å². The first kappa shape index (κ1) is 12.8. The quantitative estimate of drug-likeness (QED) is 0.843. The van der Waals surface area contributed by atoms with Crippen molar-refractivity contribution in [2.24, 2.45) is 0 Å². The van der Waals surface area contributed by atoms with Crippen LogP contribution in [0.1, 0.15) is 5.56 Å². The molecule has 0 heterocycles. The molecule has 90 valence electrons. The molecule has 16 heavy (non-hydrogen) atoms. The summed E-state index contributed by atoms with van der Waals surface area (Å²) in [5.41, 5.74) is 1.06. The van der Waals surface area contributed by atoms with Crippen molar-refractivity contribution in [1.29, 1.82) is 0 Å². The molecule has 0 aromatic heterocycles. The lowest BCUT2D eigenvalue weighted by Crippen LogP contribution is -2.19. The summed E-state index contributed by atoms with van der Waals surface area (Å²) in [4.78, 5) is 0. The van der Waals surface area contributed by atoms with Crippen LogP contribution in [-0.4, -0.2) is 26.4 Å². The second-order valence-electron chi connectivity index (χ2n) is 3.40. The van der Waals surface area contributed by atoms with Crippen LogP contribution in [0.2, 0.25) is 0 Å². The maximum atomic E-state index is 11.9. The maximum Gasteiger partial charge on any atom is 0.422 e. The van der Waals surface area contributed by atoms with Gasteiger partial charge in [0.05, 0.1) is 0 Å². The zero-order valence-electron chi connectivity index (χ0n) is 8.97. The molecular weight excluding hydrogens is 219 g/mol. The van der Waals surface area contributed by atoms with Crippen LogP contribution in [0.5, 0.6) is 5.75 Å². The maximum absolute atomic E-state index is 11.9. The van der Waals surface area contributed by atoms with Gasteiger partial charge in [-0.2, -0.15) is 13.2 Å². The standard InChI is InChI=1S/C11H14F3NO/c1-15-7-6-9-2-4-10(5-3-9)16-8-11(12,13)14/h2-5,15H,6-8H2,1H3. The molecule has 0 saturated carbocycles. The Morgan fingerprint density at radius 1 is 1.19 bits per heavy atom. The first-order chi connectivity index (χ1) is 7.51. The lowest BCUT2D eigenvalue weighted by atomic mass is 10.1. The van der Waals surface area contributed by atoms with E-state index in [2.05, 4.69) is 10.1 Å². The first-order valence-electron chi connectivity index (χ1n) is 4.94. The van der Waals surface area contributed by atoms with Crippen LogP contribution >= 0.6 is 0 Å². The predicted octanol–water partition coefficient (Wildman–Crippen LogP) is 2.39. The average Bonchev–Trinajstić information content (AvgIpc) is 2.24. The molecule has 0 atom stereocenters. The van der Waals surface area contributed by atoms with Crippen molar-refractivity contribution in [2.45, 2.75) is 12.6 Å². The summed E-state index contributed by atoms with van der Waals surface area (Å²) in [7, 11) is 1.85. The Kier molecular flexibility index (Phi) is 4.61. The van der Waals surface area contributed by atoms with E-state index >= 15 is 0 Å². The predicted molar refractivity (Wildman–Crippen MR) is 55.6 cm³/mol. The number of benzene rings is 1. The summed E-state index contributed by atoms with van der Waals surface area (Å²) in [6, 6.07) is 6.64. The van der Waals surface area contributed by atoms with Crippen molar-refractivity contribution in [2.75, 3.05) is 20.2 Å². The lowest BCUT2D eigenvalue weighted by molar-refractivity contribution is -0.153. The highest BCUT2D eigenvalue weighted by atomic mass is 19.4. The van der Waals surface area contributed by atoms with Crippen molar-refractivity contribution in [3.05, 3.63) is 29.8 Å². The molecule has 0 aliphatic rings. The van der Waals surface area contributed by atoms with Crippen LogP contribution in [0, 0.1) is 0 Å². The van der Waals surface area contributed by atoms with E-state index in [4.69, 9.17) is 0 Å². The van der Waals surface area contributed by atoms with Gasteiger partial charge in [-0.1, -0.05) is 12.1 Å². The fourth-order valence-electron chi connectivity index (χ4n) is 1.19. The number of likely N-dealkylation sites (N-methyl/N-ethyl adjacent to an activating group) is 1. The Labute approximate surface area is 92.4 Å². The molecule has 1 rings (SSSR count). The van der Waals surface area contributed by atoms with Gasteiger partial charge in [-0.15, -0.1) is 0 Å². The number of ether oxygens (including phenoxy) is 1. The van der Waals surface area contributed by atoms with E-state index in [9.17, 15) is 13.2 Å². The van der Waals surface area contributed by atoms with Gasteiger partial charge in [0.15, 0.2) is 6.61 Å². The summed E-state index contributed by atoms with van der Waals surface area (Å²) >= 11 is 0. The van der Waals surface area contributed by atoms with E-state index in [0.29, 0.717) is 0 Å². The fourth-order valence-corrected chi connectivity index (χ4v) is 1.19. The minimum absolute atomic E-state index is 0.241. The third kappa shape index (κ3) is 5.02. The van der Waals surface area contributed by atoms with Gasteiger partial charge in [0.2, 0.25) is 0 Å². The van der Waals surface area contributed by atoms with E-state index in [-0.39, 0.29) is 5.75 Å². The summed E-state index contributed by atoms with van der Waals surface area (Å²) in [5.74, 6) is 0.241. The molecule has 0 saturated heterocycles. The van der Waals surface area contributed by atoms with E-state index in [1.807, 2.05) is 7.05 Å². The monoisotopic (exact) mass is 233 g/mol. The number of rotatable bonds is 5. The Balaban J connectivity index is 2.45. The summed E-state index contributed by atoms with van der Waals surface area (Å²) in [6.07, 6.45) is -3.44. The number of alkyl halides is 3. The van der Waals surface area contributed by atoms with Crippen LogP contribution in [0.15, 0.2) is 24.3 Å². The molecule has 0 amide bonds. The average molecular weight is 233 g/mol. The van der Waals surface area contributed by atoms with Gasteiger partial charge in [0, 0.05) is 0 Å². The molecule has 0 aliphatic carbocycles. The largest absolute Gasteiger partial charge is 0.484 e. The molecule has 0 spiro atoms. The van der Waals surface area contributed by atoms with Crippen LogP contribution in [0.25, 0.3) is 0 Å². The molecule has 2 nitrogen and oxygen atoms in total. The Hall–Kier alpha value is -1.23. The van der Waals surface area contributed by atoms with Crippen LogP contribution < -0.4 is 10.1 Å². The van der Waals surface area contributed by atoms with Crippen molar-refractivity contribution >= 4 is 0 Å². The van der Waals surface area contributed by atoms with Gasteiger partial charge in [-0.3, -0.25) is 0 Å². The zero-order chi connectivity index (χ0) is 12.0. The van der Waals surface area contributed by atoms with Crippen LogP contribution in [0.4, 0.5) is 13.2 Å². The molecule has 0 unspecified atom stereocenters. The highest BCUT2D eigenvalue weighted by Crippen LogP contribution is 2.18. The van der Waals surface area contributed by atoms with Crippen LogP contribution in [0.3, 0.4) is 0 Å². The van der Waals surface area contributed by atoms with Crippen molar-refractivity contribution in [3.63, 3.8) is 0 Å². The minimum Gasteiger partial charge on any atom is -0.484 e. The summed E-state index contributed by atoms with van der Waals surface area (Å²) in [6.45, 7) is -0.411. The zero-order valence-corrected chi connectivity index (χ0v) is 8.97. The third-order valence-corrected chi connectivity index (χ3v) is 1.99. The fraction of sp³-hybridized carbons (Fsp3) is 0.455. The molecule has 0 radical (unpaired) electrons. The molecule has 1 N–H and O–H groups in total. The van der Waals surface area contributed by atoms with Crippen molar-refractivity contribution in [1.82, 2.24) is 5.32 Å². The smallest absolute Gasteiger partial charge is 0.422 e. The number of nitrogens with one attached hydrogen (secondary N) is 1. The summed E-state index contributed by atoms with van der Waals surface area (Å²) in [5, 5.41) is 3.00. The minimum atomic E-state index is -4.29. The normalized spacial score (nSPS) is 11.5. The molecule has 5 heteroatoms. The van der Waals surface area contributed by atoms with Gasteiger partial charge >= 0.3 is 6.18 Å². The second-order valence-corrected chi connectivity index (χ2v) is 3.40. The third-order valence-electron chi connectivity index (χ3n) is 1.99. The van der Waals surface area contributed by atoms with Gasteiger partial charge < -0.3 is 10.1 Å². The van der Waals surface area contributed by atoms with Gasteiger partial charge in [-0.05, 0) is 37.7 Å². The molecule has 1 aromatic rings. The van der Waals surface area contributed by atoms with Crippen molar-refractivity contribution in [3.8, 4) is 5.75 Å². The topological polar surface area (TPSA) is 21.3 Å². The van der Waals surface area contributed by atoms with E-state index in [1.54, 1.807) is 24.3 Å². The molecule has 0 aliphatic heterocycles. The Morgan fingerprint density at radius 3 is 2.31 bits per heavy atom. The number of halogens is 3. The molecule has 1 aromatic carbocycles. The first-order valence-corrected chi connectivity index (χ1v) is 4.94.